The second-order valence-electron chi connectivity index (χ2n) is 6.40. The predicted octanol–water partition coefficient (Wildman–Crippen LogP) is 2.15. The van der Waals surface area contributed by atoms with Crippen LogP contribution in [0.4, 0.5) is 23.2 Å². The Morgan fingerprint density at radius 3 is 2.35 bits per heavy atom. The molecule has 1 heterocycles. The minimum atomic E-state index is -4.18. The van der Waals surface area contributed by atoms with Crippen molar-refractivity contribution >= 4 is 11.6 Å². The minimum absolute atomic E-state index is 0.260. The van der Waals surface area contributed by atoms with Gasteiger partial charge < -0.3 is 15.5 Å². The highest BCUT2D eigenvalue weighted by atomic mass is 19.4. The fourth-order valence-electron chi connectivity index (χ4n) is 2.87. The quantitative estimate of drug-likeness (QED) is 0.358. The number of guanidine groups is 1. The maximum absolute atomic E-state index is 13.0. The molecule has 26 heavy (non-hydrogen) atoms. The molecule has 0 aliphatic carbocycles. The summed E-state index contributed by atoms with van der Waals surface area (Å²) in [7, 11) is 1.44. The van der Waals surface area contributed by atoms with E-state index in [2.05, 4.69) is 9.89 Å². The van der Waals surface area contributed by atoms with Gasteiger partial charge in [0.25, 0.3) is 0 Å². The van der Waals surface area contributed by atoms with E-state index in [1.165, 1.54) is 24.1 Å². The van der Waals surface area contributed by atoms with E-state index in [4.69, 9.17) is 5.73 Å². The van der Waals surface area contributed by atoms with Gasteiger partial charge in [0.15, 0.2) is 5.96 Å². The van der Waals surface area contributed by atoms with Crippen molar-refractivity contribution in [2.24, 2.45) is 10.7 Å². The summed E-state index contributed by atoms with van der Waals surface area (Å²) in [6, 6.07) is 6.38. The summed E-state index contributed by atoms with van der Waals surface area (Å²) in [5.41, 5.74) is 6.95. The van der Waals surface area contributed by atoms with Gasteiger partial charge in [-0.1, -0.05) is 0 Å². The van der Waals surface area contributed by atoms with Crippen LogP contribution in [0.1, 0.15) is 6.42 Å². The van der Waals surface area contributed by atoms with E-state index < -0.39 is 12.7 Å². The number of anilines is 1. The third-order valence-electron chi connectivity index (χ3n) is 4.22. The molecule has 0 spiro atoms. The summed E-state index contributed by atoms with van der Waals surface area (Å²) >= 11 is 0. The Hall–Kier alpha value is -2.03. The van der Waals surface area contributed by atoms with Crippen molar-refractivity contribution in [1.82, 2.24) is 9.80 Å². The van der Waals surface area contributed by atoms with Crippen LogP contribution in [0.25, 0.3) is 0 Å². The Morgan fingerprint density at radius 2 is 1.77 bits per heavy atom. The van der Waals surface area contributed by atoms with Gasteiger partial charge in [-0.25, -0.2) is 4.39 Å². The van der Waals surface area contributed by atoms with E-state index in [0.29, 0.717) is 38.6 Å². The van der Waals surface area contributed by atoms with E-state index in [1.54, 1.807) is 12.1 Å². The van der Waals surface area contributed by atoms with Crippen LogP contribution in [0, 0.1) is 5.82 Å². The molecule has 0 aromatic heterocycles. The normalized spacial score (nSPS) is 16.5. The van der Waals surface area contributed by atoms with Crippen molar-refractivity contribution in [2.45, 2.75) is 12.6 Å². The number of halogens is 4. The fourth-order valence-corrected chi connectivity index (χ4v) is 2.87. The molecule has 1 aromatic rings. The predicted molar refractivity (Wildman–Crippen MR) is 94.8 cm³/mol. The zero-order valence-corrected chi connectivity index (χ0v) is 14.8. The number of benzene rings is 1. The van der Waals surface area contributed by atoms with E-state index in [1.807, 2.05) is 4.90 Å². The van der Waals surface area contributed by atoms with Crippen LogP contribution in [-0.2, 0) is 0 Å². The molecule has 1 saturated heterocycles. The van der Waals surface area contributed by atoms with Crippen molar-refractivity contribution in [1.29, 1.82) is 0 Å². The summed E-state index contributed by atoms with van der Waals surface area (Å²) in [5.74, 6) is 0.159. The molecule has 0 amide bonds. The number of hydrogen-bond acceptors (Lipinski definition) is 3. The average Bonchev–Trinajstić information content (AvgIpc) is 2.58. The second-order valence-corrected chi connectivity index (χ2v) is 6.40. The topological polar surface area (TPSA) is 48.1 Å². The van der Waals surface area contributed by atoms with Crippen molar-refractivity contribution in [3.63, 3.8) is 0 Å². The molecular weight excluding hydrogens is 350 g/mol. The lowest BCUT2D eigenvalue weighted by atomic mass is 10.2. The number of piperazine rings is 1. The smallest absolute Gasteiger partial charge is 0.370 e. The van der Waals surface area contributed by atoms with Crippen molar-refractivity contribution in [3.05, 3.63) is 30.1 Å². The number of alkyl halides is 3. The van der Waals surface area contributed by atoms with Crippen molar-refractivity contribution < 1.29 is 17.6 Å². The molecule has 2 N–H and O–H groups in total. The van der Waals surface area contributed by atoms with Gasteiger partial charge in [0, 0.05) is 38.4 Å². The number of aliphatic imine (C=N–C) groups is 1. The molecular formula is C17H25F4N5. The van der Waals surface area contributed by atoms with Crippen LogP contribution in [0.15, 0.2) is 29.3 Å². The minimum Gasteiger partial charge on any atom is -0.370 e. The molecule has 1 fully saturated rings. The van der Waals surface area contributed by atoms with Gasteiger partial charge in [0.05, 0.1) is 6.54 Å². The van der Waals surface area contributed by atoms with Crippen molar-refractivity contribution in [2.75, 3.05) is 57.8 Å². The molecule has 1 aliphatic heterocycles. The number of rotatable bonds is 6. The maximum Gasteiger partial charge on any atom is 0.401 e. The standard InChI is InChI=1S/C17H25F4N5/c1-24(13-17(19,20)21)8-2-7-23-16(22)26-11-9-25(10-12-26)15-5-3-14(18)4-6-15/h3-6H,2,7-13H2,1H3,(H2,22,23). The van der Waals surface area contributed by atoms with Gasteiger partial charge in [0.1, 0.15) is 5.82 Å². The number of nitrogens with zero attached hydrogens (tertiary/aromatic N) is 4. The Labute approximate surface area is 151 Å². The lowest BCUT2D eigenvalue weighted by Crippen LogP contribution is -2.51. The van der Waals surface area contributed by atoms with Crippen LogP contribution in [0.3, 0.4) is 0 Å². The van der Waals surface area contributed by atoms with E-state index in [0.717, 1.165) is 18.8 Å². The van der Waals surface area contributed by atoms with Crippen molar-refractivity contribution in [3.8, 4) is 0 Å². The van der Waals surface area contributed by atoms with Crippen LogP contribution < -0.4 is 10.6 Å². The first-order valence-corrected chi connectivity index (χ1v) is 8.55. The average molecular weight is 375 g/mol. The molecule has 0 radical (unpaired) electrons. The molecule has 0 bridgehead atoms. The highest BCUT2D eigenvalue weighted by Crippen LogP contribution is 2.17. The van der Waals surface area contributed by atoms with E-state index in [-0.39, 0.29) is 5.82 Å². The zero-order chi connectivity index (χ0) is 19.2. The molecule has 0 saturated carbocycles. The Balaban J connectivity index is 1.71. The molecule has 9 heteroatoms. The van der Waals surface area contributed by atoms with Gasteiger partial charge >= 0.3 is 6.18 Å². The molecule has 0 atom stereocenters. The van der Waals surface area contributed by atoms with E-state index >= 15 is 0 Å². The summed E-state index contributed by atoms with van der Waals surface area (Å²) in [5, 5.41) is 0. The lowest BCUT2D eigenvalue weighted by molar-refractivity contribution is -0.143. The summed E-state index contributed by atoms with van der Waals surface area (Å²) in [6.07, 6.45) is -3.66. The SMILES string of the molecule is CN(CCCN=C(N)N1CCN(c2ccc(F)cc2)CC1)CC(F)(F)F. The first-order chi connectivity index (χ1) is 12.2. The third-order valence-corrected chi connectivity index (χ3v) is 4.22. The highest BCUT2D eigenvalue weighted by Gasteiger charge is 2.28. The summed E-state index contributed by atoms with van der Waals surface area (Å²) in [6.45, 7) is 2.67. The lowest BCUT2D eigenvalue weighted by Gasteiger charge is -2.36. The molecule has 1 aliphatic rings. The van der Waals surface area contributed by atoms with Gasteiger partial charge in [-0.3, -0.25) is 9.89 Å². The maximum atomic E-state index is 13.0. The van der Waals surface area contributed by atoms with Gasteiger partial charge in [-0.2, -0.15) is 13.2 Å². The number of hydrogen-bond donors (Lipinski definition) is 1. The second kappa shape index (κ2) is 9.07. The van der Waals surface area contributed by atoms with E-state index in [9.17, 15) is 17.6 Å². The van der Waals surface area contributed by atoms with Crippen LogP contribution in [-0.4, -0.2) is 74.8 Å². The van der Waals surface area contributed by atoms with Gasteiger partial charge in [-0.15, -0.1) is 0 Å². The Kier molecular flexibility index (Phi) is 7.07. The molecule has 146 valence electrons. The van der Waals surface area contributed by atoms with Gasteiger partial charge in [0.2, 0.25) is 0 Å². The monoisotopic (exact) mass is 375 g/mol. The van der Waals surface area contributed by atoms with Crippen LogP contribution >= 0.6 is 0 Å². The summed E-state index contributed by atoms with van der Waals surface area (Å²) in [4.78, 5) is 9.61. The van der Waals surface area contributed by atoms with Gasteiger partial charge in [-0.05, 0) is 44.3 Å². The largest absolute Gasteiger partial charge is 0.401 e. The molecule has 0 unspecified atom stereocenters. The van der Waals surface area contributed by atoms with Crippen LogP contribution in [0.5, 0.6) is 0 Å². The van der Waals surface area contributed by atoms with Crippen LogP contribution in [0.2, 0.25) is 0 Å². The summed E-state index contributed by atoms with van der Waals surface area (Å²) < 4.78 is 49.7. The first-order valence-electron chi connectivity index (χ1n) is 8.55. The Bertz CT molecular complexity index is 580. The fraction of sp³-hybridized carbons (Fsp3) is 0.588. The Morgan fingerprint density at radius 1 is 1.15 bits per heavy atom. The molecule has 2 rings (SSSR count). The molecule has 1 aromatic carbocycles. The highest BCUT2D eigenvalue weighted by molar-refractivity contribution is 5.78. The third kappa shape index (κ3) is 6.70. The first kappa shape index (κ1) is 20.3. The number of nitrogens with two attached hydrogens (primary N) is 1. The zero-order valence-electron chi connectivity index (χ0n) is 14.8. The molecule has 5 nitrogen and oxygen atoms in total.